The van der Waals surface area contributed by atoms with Crippen LogP contribution in [0.4, 0.5) is 5.82 Å². The minimum atomic E-state index is 0.00865. The maximum absolute atomic E-state index is 12.3. The van der Waals surface area contributed by atoms with Crippen LogP contribution in [0.3, 0.4) is 0 Å². The van der Waals surface area contributed by atoms with E-state index in [4.69, 9.17) is 0 Å². The second-order valence-electron chi connectivity index (χ2n) is 5.30. The molecular weight excluding hydrogens is 242 g/mol. The molecule has 19 heavy (non-hydrogen) atoms. The van der Waals surface area contributed by atoms with Crippen LogP contribution in [0.1, 0.15) is 23.3 Å². The number of aromatic nitrogens is 2. The van der Waals surface area contributed by atoms with Crippen LogP contribution < -0.4 is 5.32 Å². The van der Waals surface area contributed by atoms with E-state index in [0.29, 0.717) is 11.7 Å². The summed E-state index contributed by atoms with van der Waals surface area (Å²) in [6.07, 6.45) is 3.84. The van der Waals surface area contributed by atoms with Crippen molar-refractivity contribution in [3.63, 3.8) is 0 Å². The average Bonchev–Trinajstić information content (AvgIpc) is 3.23. The van der Waals surface area contributed by atoms with Crippen molar-refractivity contribution in [3.05, 3.63) is 18.1 Å². The van der Waals surface area contributed by atoms with Crippen molar-refractivity contribution in [2.24, 2.45) is 0 Å². The van der Waals surface area contributed by atoms with Crippen molar-refractivity contribution < 1.29 is 4.79 Å². The van der Waals surface area contributed by atoms with E-state index in [1.165, 1.54) is 19.2 Å². The molecule has 6 heteroatoms. The van der Waals surface area contributed by atoms with Crippen molar-refractivity contribution in [2.45, 2.75) is 18.9 Å². The van der Waals surface area contributed by atoms with Gasteiger partial charge in [-0.15, -0.1) is 0 Å². The molecule has 2 heterocycles. The zero-order chi connectivity index (χ0) is 13.2. The average molecular weight is 261 g/mol. The number of carbonyl (C=O) groups excluding carboxylic acids is 1. The second-order valence-corrected chi connectivity index (χ2v) is 5.30. The van der Waals surface area contributed by atoms with E-state index in [1.54, 1.807) is 6.07 Å². The molecule has 2 aliphatic rings. The van der Waals surface area contributed by atoms with Gasteiger partial charge in [-0.1, -0.05) is 0 Å². The molecule has 1 saturated carbocycles. The summed E-state index contributed by atoms with van der Waals surface area (Å²) in [5.74, 6) is 0.768. The highest BCUT2D eigenvalue weighted by atomic mass is 16.2. The number of likely N-dealkylation sites (N-methyl/N-ethyl adjacent to an activating group) is 1. The Morgan fingerprint density at radius 2 is 2.00 bits per heavy atom. The lowest BCUT2D eigenvalue weighted by atomic mass is 10.2. The van der Waals surface area contributed by atoms with Crippen LogP contribution in [0, 0.1) is 0 Å². The Hall–Kier alpha value is -1.69. The second kappa shape index (κ2) is 5.13. The zero-order valence-electron chi connectivity index (χ0n) is 11.2. The van der Waals surface area contributed by atoms with Gasteiger partial charge < -0.3 is 15.1 Å². The molecule has 0 radical (unpaired) electrons. The Balaban J connectivity index is 1.68. The summed E-state index contributed by atoms with van der Waals surface area (Å²) in [4.78, 5) is 24.7. The first-order valence-electron chi connectivity index (χ1n) is 6.79. The topological polar surface area (TPSA) is 61.4 Å². The minimum absolute atomic E-state index is 0.00865. The molecule has 0 aromatic carbocycles. The van der Waals surface area contributed by atoms with Gasteiger partial charge in [0.1, 0.15) is 17.8 Å². The van der Waals surface area contributed by atoms with Crippen LogP contribution >= 0.6 is 0 Å². The molecule has 2 fully saturated rings. The highest BCUT2D eigenvalue weighted by Crippen LogP contribution is 2.23. The Bertz CT molecular complexity index is 466. The van der Waals surface area contributed by atoms with Gasteiger partial charge in [-0.3, -0.25) is 4.79 Å². The van der Waals surface area contributed by atoms with Crippen LogP contribution in [0.15, 0.2) is 12.4 Å². The third-order valence-electron chi connectivity index (χ3n) is 3.61. The highest BCUT2D eigenvalue weighted by Gasteiger charge is 2.24. The maximum Gasteiger partial charge on any atom is 0.272 e. The van der Waals surface area contributed by atoms with Crippen LogP contribution in [-0.2, 0) is 0 Å². The lowest BCUT2D eigenvalue weighted by Gasteiger charge is -2.32. The van der Waals surface area contributed by atoms with Gasteiger partial charge in [0.25, 0.3) is 5.91 Å². The van der Waals surface area contributed by atoms with Crippen molar-refractivity contribution >= 4 is 11.7 Å². The van der Waals surface area contributed by atoms with Gasteiger partial charge in [-0.05, 0) is 19.9 Å². The lowest BCUT2D eigenvalue weighted by molar-refractivity contribution is 0.0658. The molecule has 1 aromatic rings. The first-order valence-corrected chi connectivity index (χ1v) is 6.79. The minimum Gasteiger partial charge on any atom is -0.367 e. The number of rotatable bonds is 3. The van der Waals surface area contributed by atoms with E-state index in [0.717, 1.165) is 32.0 Å². The monoisotopic (exact) mass is 261 g/mol. The molecule has 6 nitrogen and oxygen atoms in total. The Morgan fingerprint density at radius 1 is 1.26 bits per heavy atom. The van der Waals surface area contributed by atoms with Crippen molar-refractivity contribution in [2.75, 3.05) is 38.5 Å². The molecule has 1 saturated heterocycles. The fourth-order valence-corrected chi connectivity index (χ4v) is 2.16. The number of nitrogens with zero attached hydrogens (tertiary/aromatic N) is 4. The molecule has 1 aliphatic carbocycles. The molecule has 1 N–H and O–H groups in total. The molecule has 1 aromatic heterocycles. The third-order valence-corrected chi connectivity index (χ3v) is 3.61. The standard InChI is InChI=1S/C13H19N5O/c1-17-4-6-18(7-5-17)13(19)11-8-12(15-9-14-11)16-10-2-3-10/h8-10H,2-7H2,1H3,(H,14,15,16). The van der Waals surface area contributed by atoms with Gasteiger partial charge in [0.2, 0.25) is 0 Å². The van der Waals surface area contributed by atoms with Crippen molar-refractivity contribution in [3.8, 4) is 0 Å². The van der Waals surface area contributed by atoms with Gasteiger partial charge in [0, 0.05) is 38.3 Å². The normalized spacial score (nSPS) is 20.4. The molecule has 0 bridgehead atoms. The van der Waals surface area contributed by atoms with Crippen LogP contribution in [0.25, 0.3) is 0 Å². The molecule has 0 spiro atoms. The summed E-state index contributed by atoms with van der Waals surface area (Å²) in [5, 5.41) is 3.29. The Labute approximate surface area is 112 Å². The number of hydrogen-bond acceptors (Lipinski definition) is 5. The number of anilines is 1. The number of piperazine rings is 1. The summed E-state index contributed by atoms with van der Waals surface area (Å²) in [6, 6.07) is 2.29. The predicted octanol–water partition coefficient (Wildman–Crippen LogP) is 0.438. The largest absolute Gasteiger partial charge is 0.367 e. The van der Waals surface area contributed by atoms with Gasteiger partial charge in [0.15, 0.2) is 0 Å². The third kappa shape index (κ3) is 3.01. The molecule has 102 valence electrons. The van der Waals surface area contributed by atoms with Crippen LogP contribution in [0.5, 0.6) is 0 Å². The molecule has 1 aliphatic heterocycles. The Morgan fingerprint density at radius 3 is 2.68 bits per heavy atom. The fraction of sp³-hybridized carbons (Fsp3) is 0.615. The lowest BCUT2D eigenvalue weighted by Crippen LogP contribution is -2.47. The van der Waals surface area contributed by atoms with Crippen molar-refractivity contribution in [1.82, 2.24) is 19.8 Å². The number of amides is 1. The first kappa shape index (κ1) is 12.3. The van der Waals surface area contributed by atoms with E-state index in [1.807, 2.05) is 4.90 Å². The van der Waals surface area contributed by atoms with Crippen LogP contribution in [0.2, 0.25) is 0 Å². The van der Waals surface area contributed by atoms with Crippen LogP contribution in [-0.4, -0.2) is 64.9 Å². The first-order chi connectivity index (χ1) is 9.22. The molecule has 1 amide bonds. The van der Waals surface area contributed by atoms with E-state index < -0.39 is 0 Å². The SMILES string of the molecule is CN1CCN(C(=O)c2cc(NC3CC3)ncn2)CC1. The van der Waals surface area contributed by atoms with E-state index in [9.17, 15) is 4.79 Å². The number of carbonyl (C=O) groups is 1. The number of nitrogens with one attached hydrogen (secondary N) is 1. The predicted molar refractivity (Wildman–Crippen MR) is 72.1 cm³/mol. The maximum atomic E-state index is 12.3. The van der Waals surface area contributed by atoms with Gasteiger partial charge in [-0.2, -0.15) is 0 Å². The zero-order valence-corrected chi connectivity index (χ0v) is 11.2. The van der Waals surface area contributed by atoms with E-state index >= 15 is 0 Å². The van der Waals surface area contributed by atoms with Gasteiger partial charge in [0.05, 0.1) is 0 Å². The highest BCUT2D eigenvalue weighted by molar-refractivity contribution is 5.93. The summed E-state index contributed by atoms with van der Waals surface area (Å²) in [7, 11) is 2.07. The van der Waals surface area contributed by atoms with E-state index in [2.05, 4.69) is 27.2 Å². The molecular formula is C13H19N5O. The number of hydrogen-bond donors (Lipinski definition) is 1. The fourth-order valence-electron chi connectivity index (χ4n) is 2.16. The molecule has 0 unspecified atom stereocenters. The quantitative estimate of drug-likeness (QED) is 0.855. The summed E-state index contributed by atoms with van der Waals surface area (Å²) >= 11 is 0. The van der Waals surface area contributed by atoms with E-state index in [-0.39, 0.29) is 5.91 Å². The smallest absolute Gasteiger partial charge is 0.272 e. The molecule has 3 rings (SSSR count). The Kier molecular flexibility index (Phi) is 3.33. The summed E-state index contributed by atoms with van der Waals surface area (Å²) in [5.41, 5.74) is 0.489. The molecule has 0 atom stereocenters. The summed E-state index contributed by atoms with van der Waals surface area (Å²) in [6.45, 7) is 3.38. The van der Waals surface area contributed by atoms with Crippen molar-refractivity contribution in [1.29, 1.82) is 0 Å². The van der Waals surface area contributed by atoms with Gasteiger partial charge >= 0.3 is 0 Å². The van der Waals surface area contributed by atoms with Gasteiger partial charge in [-0.25, -0.2) is 9.97 Å². The summed E-state index contributed by atoms with van der Waals surface area (Å²) < 4.78 is 0.